The van der Waals surface area contributed by atoms with Crippen molar-refractivity contribution in [2.24, 2.45) is 0 Å². The molecule has 3 rings (SSSR count). The van der Waals surface area contributed by atoms with Crippen molar-refractivity contribution in [2.75, 3.05) is 32.8 Å². The van der Waals surface area contributed by atoms with Gasteiger partial charge in [-0.3, -0.25) is 4.79 Å². The molecule has 2 fully saturated rings. The first-order valence-corrected chi connectivity index (χ1v) is 10.1. The van der Waals surface area contributed by atoms with E-state index in [2.05, 4.69) is 4.72 Å². The van der Waals surface area contributed by atoms with Crippen LogP contribution in [0.4, 0.5) is 0 Å². The molecule has 0 atom stereocenters. The van der Waals surface area contributed by atoms with Gasteiger partial charge in [-0.25, -0.2) is 13.1 Å². The maximum atomic E-state index is 12.3. The molecular weight excluding hydrogens is 344 g/mol. The second-order valence-corrected chi connectivity index (χ2v) is 8.08. The molecule has 0 unspecified atom stereocenters. The Labute approximate surface area is 148 Å². The van der Waals surface area contributed by atoms with Crippen molar-refractivity contribution >= 4 is 15.9 Å². The van der Waals surface area contributed by atoms with Crippen LogP contribution < -0.4 is 4.72 Å². The van der Waals surface area contributed by atoms with Crippen LogP contribution >= 0.6 is 0 Å². The molecule has 0 aromatic heterocycles. The Hall–Kier alpha value is -1.48. The number of carbonyl (C=O) groups excluding carboxylic acids is 1. The summed E-state index contributed by atoms with van der Waals surface area (Å²) in [6.45, 7) is 3.95. The Balaban J connectivity index is 1.53. The molecule has 2 saturated heterocycles. The largest absolute Gasteiger partial charge is 0.347 e. The molecule has 7 nitrogen and oxygen atoms in total. The minimum Gasteiger partial charge on any atom is -0.347 e. The van der Waals surface area contributed by atoms with E-state index in [-0.39, 0.29) is 17.3 Å². The van der Waals surface area contributed by atoms with Gasteiger partial charge in [-0.05, 0) is 24.1 Å². The van der Waals surface area contributed by atoms with Crippen LogP contribution in [0.2, 0.25) is 0 Å². The molecule has 2 aliphatic heterocycles. The van der Waals surface area contributed by atoms with E-state index >= 15 is 0 Å². The molecule has 2 aliphatic rings. The average Bonchev–Trinajstić information content (AvgIpc) is 3.08. The molecule has 1 aromatic carbocycles. The summed E-state index contributed by atoms with van der Waals surface area (Å²) in [5, 5.41) is 0. The first kappa shape index (κ1) is 18.3. The van der Waals surface area contributed by atoms with Crippen LogP contribution in [0, 0.1) is 0 Å². The number of carbonyl (C=O) groups is 1. The zero-order chi connectivity index (χ0) is 17.9. The van der Waals surface area contributed by atoms with E-state index in [9.17, 15) is 13.2 Å². The number of piperidine rings is 1. The standard InChI is InChI=1S/C17H24N2O5S/c1-2-14-3-5-15(6-4-14)25(21,22)18-13-16(20)19-9-7-17(8-10-19)23-11-12-24-17/h3-6,18H,2,7-13H2,1H3. The van der Waals surface area contributed by atoms with Crippen LogP contribution in [0.5, 0.6) is 0 Å². The summed E-state index contributed by atoms with van der Waals surface area (Å²) in [6, 6.07) is 6.68. The van der Waals surface area contributed by atoms with Gasteiger partial charge in [0, 0.05) is 25.9 Å². The van der Waals surface area contributed by atoms with Gasteiger partial charge < -0.3 is 14.4 Å². The number of hydrogen-bond donors (Lipinski definition) is 1. The summed E-state index contributed by atoms with van der Waals surface area (Å²) in [7, 11) is -3.69. The number of nitrogens with zero attached hydrogens (tertiary/aromatic N) is 1. The second kappa shape index (κ2) is 7.41. The Morgan fingerprint density at radius 3 is 2.32 bits per heavy atom. The number of amides is 1. The lowest BCUT2D eigenvalue weighted by Crippen LogP contribution is -2.49. The fourth-order valence-corrected chi connectivity index (χ4v) is 4.11. The third-order valence-corrected chi connectivity index (χ3v) is 6.16. The highest BCUT2D eigenvalue weighted by molar-refractivity contribution is 7.89. The molecule has 0 saturated carbocycles. The highest BCUT2D eigenvalue weighted by Gasteiger charge is 2.40. The van der Waals surface area contributed by atoms with Crippen molar-refractivity contribution in [1.29, 1.82) is 0 Å². The minimum absolute atomic E-state index is 0.169. The zero-order valence-electron chi connectivity index (χ0n) is 14.4. The Morgan fingerprint density at radius 2 is 1.76 bits per heavy atom. The lowest BCUT2D eigenvalue weighted by Gasteiger charge is -2.37. The normalized spacial score (nSPS) is 20.1. The summed E-state index contributed by atoms with van der Waals surface area (Å²) in [6.07, 6.45) is 2.07. The average molecular weight is 368 g/mol. The van der Waals surface area contributed by atoms with E-state index in [1.54, 1.807) is 29.2 Å². The number of likely N-dealkylation sites (tertiary alicyclic amines) is 1. The van der Waals surface area contributed by atoms with Gasteiger partial charge in [0.05, 0.1) is 24.7 Å². The highest BCUT2D eigenvalue weighted by atomic mass is 32.2. The van der Waals surface area contributed by atoms with Gasteiger partial charge in [0.1, 0.15) is 0 Å². The molecule has 0 radical (unpaired) electrons. The van der Waals surface area contributed by atoms with Crippen molar-refractivity contribution in [3.05, 3.63) is 29.8 Å². The summed E-state index contributed by atoms with van der Waals surface area (Å²) in [5.41, 5.74) is 1.06. The fraction of sp³-hybridized carbons (Fsp3) is 0.588. The predicted octanol–water partition coefficient (Wildman–Crippen LogP) is 0.893. The summed E-state index contributed by atoms with van der Waals surface area (Å²) < 4.78 is 38.2. The molecule has 138 valence electrons. The van der Waals surface area contributed by atoms with E-state index in [0.29, 0.717) is 39.1 Å². The molecular formula is C17H24N2O5S. The van der Waals surface area contributed by atoms with Crippen LogP contribution in [0.25, 0.3) is 0 Å². The lowest BCUT2D eigenvalue weighted by molar-refractivity contribution is -0.187. The predicted molar refractivity (Wildman–Crippen MR) is 91.5 cm³/mol. The van der Waals surface area contributed by atoms with E-state index in [4.69, 9.17) is 9.47 Å². The molecule has 8 heteroatoms. The van der Waals surface area contributed by atoms with Crippen molar-refractivity contribution in [3.8, 4) is 0 Å². The van der Waals surface area contributed by atoms with Gasteiger partial charge in [0.25, 0.3) is 0 Å². The van der Waals surface area contributed by atoms with Gasteiger partial charge in [0.2, 0.25) is 15.9 Å². The molecule has 0 bridgehead atoms. The van der Waals surface area contributed by atoms with Crippen molar-refractivity contribution < 1.29 is 22.7 Å². The number of nitrogens with one attached hydrogen (secondary N) is 1. The van der Waals surface area contributed by atoms with E-state index in [0.717, 1.165) is 12.0 Å². The quantitative estimate of drug-likeness (QED) is 0.834. The maximum Gasteiger partial charge on any atom is 0.241 e. The maximum absolute atomic E-state index is 12.3. The monoisotopic (exact) mass is 368 g/mol. The van der Waals surface area contributed by atoms with Crippen LogP contribution in [-0.4, -0.2) is 57.9 Å². The van der Waals surface area contributed by atoms with Crippen molar-refractivity contribution in [3.63, 3.8) is 0 Å². The Morgan fingerprint density at radius 1 is 1.16 bits per heavy atom. The lowest BCUT2D eigenvalue weighted by atomic mass is 10.0. The van der Waals surface area contributed by atoms with Gasteiger partial charge in [-0.15, -0.1) is 0 Å². The minimum atomic E-state index is -3.69. The SMILES string of the molecule is CCc1ccc(S(=O)(=O)NCC(=O)N2CCC3(CC2)OCCO3)cc1. The first-order chi connectivity index (χ1) is 11.9. The number of sulfonamides is 1. The van der Waals surface area contributed by atoms with Crippen molar-refractivity contribution in [2.45, 2.75) is 36.9 Å². The molecule has 1 spiro atoms. The number of ether oxygens (including phenoxy) is 2. The number of aryl methyl sites for hydroxylation is 1. The molecule has 2 heterocycles. The third kappa shape index (κ3) is 4.20. The Kier molecular flexibility index (Phi) is 5.43. The summed E-state index contributed by atoms with van der Waals surface area (Å²) in [4.78, 5) is 14.1. The molecule has 1 aromatic rings. The van der Waals surface area contributed by atoms with Crippen LogP contribution in [-0.2, 0) is 30.7 Å². The summed E-state index contributed by atoms with van der Waals surface area (Å²) in [5.74, 6) is -0.779. The van der Waals surface area contributed by atoms with Crippen LogP contribution in [0.15, 0.2) is 29.2 Å². The second-order valence-electron chi connectivity index (χ2n) is 6.31. The highest BCUT2D eigenvalue weighted by Crippen LogP contribution is 2.31. The molecule has 1 N–H and O–H groups in total. The van der Waals surface area contributed by atoms with Crippen LogP contribution in [0.1, 0.15) is 25.3 Å². The number of rotatable bonds is 5. The number of benzene rings is 1. The topological polar surface area (TPSA) is 84.9 Å². The molecule has 25 heavy (non-hydrogen) atoms. The smallest absolute Gasteiger partial charge is 0.241 e. The van der Waals surface area contributed by atoms with E-state index in [1.165, 1.54) is 0 Å². The Bertz CT molecular complexity index is 701. The number of hydrogen-bond acceptors (Lipinski definition) is 5. The van der Waals surface area contributed by atoms with Gasteiger partial charge in [-0.1, -0.05) is 19.1 Å². The molecule has 1 amide bonds. The molecule has 0 aliphatic carbocycles. The van der Waals surface area contributed by atoms with Crippen LogP contribution in [0.3, 0.4) is 0 Å². The van der Waals surface area contributed by atoms with Gasteiger partial charge >= 0.3 is 0 Å². The third-order valence-electron chi connectivity index (χ3n) is 4.75. The fourth-order valence-electron chi connectivity index (χ4n) is 3.14. The van der Waals surface area contributed by atoms with E-state index < -0.39 is 15.8 Å². The van der Waals surface area contributed by atoms with Crippen molar-refractivity contribution in [1.82, 2.24) is 9.62 Å². The zero-order valence-corrected chi connectivity index (χ0v) is 15.2. The van der Waals surface area contributed by atoms with Gasteiger partial charge in [0.15, 0.2) is 5.79 Å². The van der Waals surface area contributed by atoms with E-state index in [1.807, 2.05) is 6.92 Å². The van der Waals surface area contributed by atoms with Gasteiger partial charge in [-0.2, -0.15) is 0 Å². The first-order valence-electron chi connectivity index (χ1n) is 8.58. The summed E-state index contributed by atoms with van der Waals surface area (Å²) >= 11 is 0.